The van der Waals surface area contributed by atoms with Crippen molar-refractivity contribution < 1.29 is 27.4 Å². The zero-order valence-electron chi connectivity index (χ0n) is 6.68. The minimum absolute atomic E-state index is 0.306. The smallest absolute Gasteiger partial charge is 0.506 e. The molecule has 0 spiro atoms. The third kappa shape index (κ3) is 2.75. The standard InChI is InChI=1S/C7H5F4NO2/c8-2-4-1-6(12-3-5(4)13)14-7(9,10)11/h1,3,13H,2H2. The lowest BCUT2D eigenvalue weighted by atomic mass is 10.3. The molecular weight excluding hydrogens is 206 g/mol. The number of halogens is 4. The molecule has 0 aliphatic rings. The molecule has 0 saturated heterocycles. The third-order valence-corrected chi connectivity index (χ3v) is 1.31. The molecule has 78 valence electrons. The second kappa shape index (κ2) is 3.69. The predicted molar refractivity (Wildman–Crippen MR) is 37.4 cm³/mol. The lowest BCUT2D eigenvalue weighted by Crippen LogP contribution is -2.17. The van der Waals surface area contributed by atoms with E-state index < -0.39 is 24.7 Å². The second-order valence-electron chi connectivity index (χ2n) is 2.33. The van der Waals surface area contributed by atoms with E-state index in [0.717, 1.165) is 0 Å². The number of alkyl halides is 4. The fraction of sp³-hybridized carbons (Fsp3) is 0.286. The van der Waals surface area contributed by atoms with Crippen molar-refractivity contribution in [2.24, 2.45) is 0 Å². The van der Waals surface area contributed by atoms with Gasteiger partial charge in [-0.05, 0) is 0 Å². The molecule has 0 amide bonds. The Kier molecular flexibility index (Phi) is 2.78. The van der Waals surface area contributed by atoms with Crippen LogP contribution in [0, 0.1) is 0 Å². The van der Waals surface area contributed by atoms with Crippen molar-refractivity contribution in [3.63, 3.8) is 0 Å². The monoisotopic (exact) mass is 211 g/mol. The summed E-state index contributed by atoms with van der Waals surface area (Å²) in [5.74, 6) is -1.31. The van der Waals surface area contributed by atoms with E-state index >= 15 is 0 Å². The number of hydrogen-bond acceptors (Lipinski definition) is 3. The van der Waals surface area contributed by atoms with Crippen LogP contribution in [0.5, 0.6) is 11.6 Å². The first-order chi connectivity index (χ1) is 6.42. The van der Waals surface area contributed by atoms with Gasteiger partial charge in [-0.25, -0.2) is 9.37 Å². The molecule has 1 aromatic rings. The van der Waals surface area contributed by atoms with Gasteiger partial charge in [0.25, 0.3) is 0 Å². The van der Waals surface area contributed by atoms with Crippen molar-refractivity contribution in [3.8, 4) is 11.6 Å². The highest BCUT2D eigenvalue weighted by molar-refractivity contribution is 5.32. The largest absolute Gasteiger partial charge is 0.574 e. The molecule has 7 heteroatoms. The molecule has 0 aliphatic heterocycles. The molecule has 0 aliphatic carbocycles. The van der Waals surface area contributed by atoms with Crippen molar-refractivity contribution in [3.05, 3.63) is 17.8 Å². The molecule has 1 heterocycles. The lowest BCUT2D eigenvalue weighted by molar-refractivity contribution is -0.276. The van der Waals surface area contributed by atoms with Gasteiger partial charge in [-0.3, -0.25) is 0 Å². The van der Waals surface area contributed by atoms with Crippen LogP contribution in [0.3, 0.4) is 0 Å². The summed E-state index contributed by atoms with van der Waals surface area (Å²) in [4.78, 5) is 3.11. The zero-order chi connectivity index (χ0) is 10.8. The van der Waals surface area contributed by atoms with Gasteiger partial charge < -0.3 is 9.84 Å². The fourth-order valence-corrected chi connectivity index (χ4v) is 0.749. The highest BCUT2D eigenvalue weighted by Crippen LogP contribution is 2.25. The van der Waals surface area contributed by atoms with Gasteiger partial charge in [-0.1, -0.05) is 0 Å². The molecule has 1 N–H and O–H groups in total. The molecule has 0 aromatic carbocycles. The van der Waals surface area contributed by atoms with Crippen LogP contribution in [0.1, 0.15) is 5.56 Å². The summed E-state index contributed by atoms with van der Waals surface area (Å²) in [5, 5.41) is 8.89. The average Bonchev–Trinajstić information content (AvgIpc) is 2.06. The van der Waals surface area contributed by atoms with E-state index in [0.29, 0.717) is 12.3 Å². The Morgan fingerprint density at radius 1 is 1.43 bits per heavy atom. The topological polar surface area (TPSA) is 42.4 Å². The number of rotatable bonds is 2. The van der Waals surface area contributed by atoms with Gasteiger partial charge in [0.15, 0.2) is 0 Å². The number of aromatic hydroxyl groups is 1. The minimum atomic E-state index is -4.88. The van der Waals surface area contributed by atoms with E-state index in [2.05, 4.69) is 9.72 Å². The summed E-state index contributed by atoms with van der Waals surface area (Å²) in [5.41, 5.74) is -0.306. The predicted octanol–water partition coefficient (Wildman–Crippen LogP) is 2.16. The first kappa shape index (κ1) is 10.6. The molecule has 0 saturated carbocycles. The number of aromatic nitrogens is 1. The van der Waals surface area contributed by atoms with E-state index in [1.807, 2.05) is 0 Å². The maximum Gasteiger partial charge on any atom is 0.574 e. The van der Waals surface area contributed by atoms with Gasteiger partial charge >= 0.3 is 6.36 Å². The van der Waals surface area contributed by atoms with Crippen molar-refractivity contribution in [2.75, 3.05) is 0 Å². The van der Waals surface area contributed by atoms with E-state index in [1.165, 1.54) is 0 Å². The Labute approximate surface area is 76.0 Å². The van der Waals surface area contributed by atoms with Crippen LogP contribution in [-0.4, -0.2) is 16.5 Å². The normalized spacial score (nSPS) is 11.4. The molecule has 1 aromatic heterocycles. The zero-order valence-corrected chi connectivity index (χ0v) is 6.68. The first-order valence-electron chi connectivity index (χ1n) is 3.42. The Hall–Kier alpha value is -1.53. The van der Waals surface area contributed by atoms with Crippen LogP contribution in [0.25, 0.3) is 0 Å². The fourth-order valence-electron chi connectivity index (χ4n) is 0.749. The summed E-state index contributed by atoms with van der Waals surface area (Å²) in [7, 11) is 0. The Morgan fingerprint density at radius 2 is 2.07 bits per heavy atom. The van der Waals surface area contributed by atoms with Crippen LogP contribution in [0.15, 0.2) is 12.3 Å². The van der Waals surface area contributed by atoms with E-state index in [4.69, 9.17) is 5.11 Å². The van der Waals surface area contributed by atoms with Gasteiger partial charge in [0.2, 0.25) is 5.88 Å². The van der Waals surface area contributed by atoms with Crippen molar-refractivity contribution in [1.82, 2.24) is 4.98 Å². The SMILES string of the molecule is Oc1cnc(OC(F)(F)F)cc1CF. The highest BCUT2D eigenvalue weighted by Gasteiger charge is 2.32. The maximum absolute atomic E-state index is 12.1. The molecule has 0 unspecified atom stereocenters. The maximum atomic E-state index is 12.1. The van der Waals surface area contributed by atoms with Gasteiger partial charge in [0, 0.05) is 11.6 Å². The number of hydrogen-bond donors (Lipinski definition) is 1. The van der Waals surface area contributed by atoms with Crippen LogP contribution < -0.4 is 4.74 Å². The van der Waals surface area contributed by atoms with Gasteiger partial charge in [-0.2, -0.15) is 0 Å². The van der Waals surface area contributed by atoms with Crippen molar-refractivity contribution in [2.45, 2.75) is 13.0 Å². The van der Waals surface area contributed by atoms with Crippen LogP contribution in [-0.2, 0) is 6.67 Å². The molecule has 0 fully saturated rings. The van der Waals surface area contributed by atoms with Crippen LogP contribution in [0.4, 0.5) is 17.6 Å². The van der Waals surface area contributed by atoms with E-state index in [-0.39, 0.29) is 5.56 Å². The summed E-state index contributed by atoms with van der Waals surface area (Å²) >= 11 is 0. The molecule has 0 radical (unpaired) electrons. The number of nitrogens with zero attached hydrogens (tertiary/aromatic N) is 1. The number of ether oxygens (including phenoxy) is 1. The summed E-state index contributed by atoms with van der Waals surface area (Å²) in [6.07, 6.45) is -4.19. The summed E-state index contributed by atoms with van der Waals surface area (Å²) in [6.45, 7) is -1.09. The van der Waals surface area contributed by atoms with E-state index in [9.17, 15) is 17.6 Å². The lowest BCUT2D eigenvalue weighted by Gasteiger charge is -2.08. The Bertz CT molecular complexity index is 326. The van der Waals surface area contributed by atoms with Crippen LogP contribution >= 0.6 is 0 Å². The molecule has 1 rings (SSSR count). The van der Waals surface area contributed by atoms with Gasteiger partial charge in [0.05, 0.1) is 6.20 Å². The third-order valence-electron chi connectivity index (χ3n) is 1.31. The Balaban J connectivity index is 2.90. The second-order valence-corrected chi connectivity index (χ2v) is 2.33. The molecule has 14 heavy (non-hydrogen) atoms. The molecule has 0 bridgehead atoms. The average molecular weight is 211 g/mol. The van der Waals surface area contributed by atoms with Crippen LogP contribution in [0.2, 0.25) is 0 Å². The summed E-state index contributed by atoms with van der Waals surface area (Å²) in [6, 6.07) is 0.683. The molecular formula is C7H5F4NO2. The van der Waals surface area contributed by atoms with E-state index in [1.54, 1.807) is 0 Å². The van der Waals surface area contributed by atoms with Crippen molar-refractivity contribution in [1.29, 1.82) is 0 Å². The van der Waals surface area contributed by atoms with Crippen molar-refractivity contribution >= 4 is 0 Å². The quantitative estimate of drug-likeness (QED) is 0.762. The first-order valence-corrected chi connectivity index (χ1v) is 3.42. The number of pyridine rings is 1. The minimum Gasteiger partial charge on any atom is -0.506 e. The highest BCUT2D eigenvalue weighted by atomic mass is 19.4. The summed E-state index contributed by atoms with van der Waals surface area (Å²) < 4.78 is 50.5. The Morgan fingerprint density at radius 3 is 2.57 bits per heavy atom. The van der Waals surface area contributed by atoms with Gasteiger partial charge in [0.1, 0.15) is 12.4 Å². The van der Waals surface area contributed by atoms with Gasteiger partial charge in [-0.15, -0.1) is 13.2 Å². The molecule has 0 atom stereocenters. The molecule has 3 nitrogen and oxygen atoms in total.